The summed E-state index contributed by atoms with van der Waals surface area (Å²) in [5.41, 5.74) is 3.00. The molecule has 0 saturated heterocycles. The monoisotopic (exact) mass is 422 g/mol. The van der Waals surface area contributed by atoms with Crippen molar-refractivity contribution in [1.82, 2.24) is 5.32 Å². The number of nitrogens with one attached hydrogen (secondary N) is 1. The molecule has 156 valence electrons. The third-order valence-corrected chi connectivity index (χ3v) is 6.82. The molecule has 1 N–H and O–H groups in total. The van der Waals surface area contributed by atoms with Crippen molar-refractivity contribution in [3.8, 4) is 0 Å². The standard InChI is InChI=1S/C24H26N2O3S/c1-3-26(30(28,29)4-2)22-17-15-21(16-18-22)24(27)25-23(19-11-7-5-8-12-19)20-13-9-6-10-14-20/h5-18,23H,3-4H2,1-2H3,(H,25,27). The molecule has 0 spiro atoms. The molecule has 0 fully saturated rings. The Labute approximate surface area is 178 Å². The minimum Gasteiger partial charge on any atom is -0.341 e. The van der Waals surface area contributed by atoms with E-state index in [-0.39, 0.29) is 17.7 Å². The van der Waals surface area contributed by atoms with Crippen LogP contribution in [0.15, 0.2) is 84.9 Å². The van der Waals surface area contributed by atoms with E-state index in [0.717, 1.165) is 11.1 Å². The van der Waals surface area contributed by atoms with Crippen LogP contribution in [0.5, 0.6) is 0 Å². The fraction of sp³-hybridized carbons (Fsp3) is 0.208. The summed E-state index contributed by atoms with van der Waals surface area (Å²) in [6, 6.07) is 26.0. The van der Waals surface area contributed by atoms with Gasteiger partial charge >= 0.3 is 0 Å². The maximum Gasteiger partial charge on any atom is 0.252 e. The number of hydrogen-bond acceptors (Lipinski definition) is 3. The molecule has 3 aromatic carbocycles. The molecular weight excluding hydrogens is 396 g/mol. The van der Waals surface area contributed by atoms with Crippen molar-refractivity contribution in [2.24, 2.45) is 0 Å². The molecule has 3 aromatic rings. The lowest BCUT2D eigenvalue weighted by molar-refractivity contribution is 0.0943. The number of carbonyl (C=O) groups is 1. The molecule has 0 saturated carbocycles. The van der Waals surface area contributed by atoms with Gasteiger partial charge in [-0.2, -0.15) is 0 Å². The van der Waals surface area contributed by atoms with Crippen molar-refractivity contribution in [3.63, 3.8) is 0 Å². The number of anilines is 1. The molecule has 0 heterocycles. The molecule has 3 rings (SSSR count). The molecule has 1 amide bonds. The predicted molar refractivity (Wildman–Crippen MR) is 121 cm³/mol. The molecule has 0 atom stereocenters. The second-order valence-corrected chi connectivity index (χ2v) is 9.02. The minimum atomic E-state index is -3.35. The molecule has 0 bridgehead atoms. The van der Waals surface area contributed by atoms with Crippen LogP contribution >= 0.6 is 0 Å². The van der Waals surface area contributed by atoms with Crippen molar-refractivity contribution in [2.45, 2.75) is 19.9 Å². The van der Waals surface area contributed by atoms with Gasteiger partial charge in [0.2, 0.25) is 10.0 Å². The van der Waals surface area contributed by atoms with E-state index in [1.54, 1.807) is 38.1 Å². The first kappa shape index (κ1) is 21.6. The number of rotatable bonds is 8. The normalized spacial score (nSPS) is 11.3. The number of benzene rings is 3. The van der Waals surface area contributed by atoms with Crippen molar-refractivity contribution < 1.29 is 13.2 Å². The van der Waals surface area contributed by atoms with Crippen LogP contribution in [0.25, 0.3) is 0 Å². The van der Waals surface area contributed by atoms with Crippen molar-refractivity contribution in [2.75, 3.05) is 16.6 Å². The van der Waals surface area contributed by atoms with Gasteiger partial charge in [-0.1, -0.05) is 60.7 Å². The Morgan fingerprint density at radius 3 is 1.77 bits per heavy atom. The number of sulfonamides is 1. The van der Waals surface area contributed by atoms with Crippen LogP contribution in [0.4, 0.5) is 5.69 Å². The third-order valence-electron chi connectivity index (χ3n) is 4.95. The molecule has 0 aliphatic carbocycles. The van der Waals surface area contributed by atoms with Crippen LogP contribution in [0, 0.1) is 0 Å². The lowest BCUT2D eigenvalue weighted by Gasteiger charge is -2.23. The molecule has 0 aliphatic rings. The van der Waals surface area contributed by atoms with Crippen LogP contribution in [0.3, 0.4) is 0 Å². The summed E-state index contributed by atoms with van der Waals surface area (Å²) in [5, 5.41) is 3.10. The van der Waals surface area contributed by atoms with Crippen molar-refractivity contribution in [3.05, 3.63) is 102 Å². The summed E-state index contributed by atoms with van der Waals surface area (Å²) < 4.78 is 25.9. The average molecular weight is 423 g/mol. The summed E-state index contributed by atoms with van der Waals surface area (Å²) in [6.45, 7) is 3.75. The zero-order valence-electron chi connectivity index (χ0n) is 17.2. The highest BCUT2D eigenvalue weighted by molar-refractivity contribution is 7.92. The Kier molecular flexibility index (Phi) is 6.90. The van der Waals surface area contributed by atoms with Gasteiger partial charge in [-0.15, -0.1) is 0 Å². The second-order valence-electron chi connectivity index (χ2n) is 6.84. The fourth-order valence-corrected chi connectivity index (χ4v) is 4.49. The van der Waals surface area contributed by atoms with Crippen molar-refractivity contribution >= 4 is 21.6 Å². The SMILES string of the molecule is CCN(c1ccc(C(=O)NC(c2ccccc2)c2ccccc2)cc1)S(=O)(=O)CC. The lowest BCUT2D eigenvalue weighted by Crippen LogP contribution is -2.32. The Morgan fingerprint density at radius 1 is 0.833 bits per heavy atom. The van der Waals surface area contributed by atoms with Crippen LogP contribution in [-0.2, 0) is 10.0 Å². The summed E-state index contributed by atoms with van der Waals surface area (Å²) in [6.07, 6.45) is 0. The lowest BCUT2D eigenvalue weighted by atomic mass is 9.98. The van der Waals surface area contributed by atoms with Gasteiger partial charge in [0.1, 0.15) is 0 Å². The number of carbonyl (C=O) groups excluding carboxylic acids is 1. The van der Waals surface area contributed by atoms with E-state index in [1.807, 2.05) is 60.7 Å². The molecule has 0 radical (unpaired) electrons. The first-order valence-corrected chi connectivity index (χ1v) is 11.6. The van der Waals surface area contributed by atoms with E-state index in [2.05, 4.69) is 5.32 Å². The molecule has 0 aliphatic heterocycles. The van der Waals surface area contributed by atoms with E-state index in [9.17, 15) is 13.2 Å². The molecule has 30 heavy (non-hydrogen) atoms. The highest BCUT2D eigenvalue weighted by Gasteiger charge is 2.20. The van der Waals surface area contributed by atoms with Crippen LogP contribution < -0.4 is 9.62 Å². The summed E-state index contributed by atoms with van der Waals surface area (Å²) in [4.78, 5) is 13.0. The third kappa shape index (κ3) is 4.89. The van der Waals surface area contributed by atoms with Gasteiger partial charge in [0.15, 0.2) is 0 Å². The Bertz CT molecular complexity index is 1030. The van der Waals surface area contributed by atoms with Crippen LogP contribution in [-0.4, -0.2) is 26.6 Å². The maximum absolute atomic E-state index is 13.0. The molecule has 6 heteroatoms. The predicted octanol–water partition coefficient (Wildman–Crippen LogP) is 4.38. The largest absolute Gasteiger partial charge is 0.341 e. The van der Waals surface area contributed by atoms with Crippen LogP contribution in [0.1, 0.15) is 41.4 Å². The van der Waals surface area contributed by atoms with Gasteiger partial charge in [-0.3, -0.25) is 9.10 Å². The van der Waals surface area contributed by atoms with E-state index >= 15 is 0 Å². The van der Waals surface area contributed by atoms with Crippen LogP contribution in [0.2, 0.25) is 0 Å². The van der Waals surface area contributed by atoms with Gasteiger partial charge in [0.05, 0.1) is 17.5 Å². The zero-order chi connectivity index (χ0) is 21.6. The van der Waals surface area contributed by atoms with E-state index in [1.165, 1.54) is 4.31 Å². The molecule has 5 nitrogen and oxygen atoms in total. The van der Waals surface area contributed by atoms with E-state index in [4.69, 9.17) is 0 Å². The van der Waals surface area contributed by atoms with Gasteiger partial charge < -0.3 is 5.32 Å². The fourth-order valence-electron chi connectivity index (χ4n) is 3.34. The quantitative estimate of drug-likeness (QED) is 0.586. The number of nitrogens with zero attached hydrogens (tertiary/aromatic N) is 1. The highest BCUT2D eigenvalue weighted by Crippen LogP contribution is 2.23. The topological polar surface area (TPSA) is 66.5 Å². The smallest absolute Gasteiger partial charge is 0.252 e. The van der Waals surface area contributed by atoms with Crippen molar-refractivity contribution in [1.29, 1.82) is 0 Å². The zero-order valence-corrected chi connectivity index (χ0v) is 18.0. The number of hydrogen-bond donors (Lipinski definition) is 1. The molecular formula is C24H26N2O3S. The first-order chi connectivity index (χ1) is 14.5. The summed E-state index contributed by atoms with van der Waals surface area (Å²) >= 11 is 0. The first-order valence-electron chi connectivity index (χ1n) is 9.97. The molecule has 0 unspecified atom stereocenters. The molecule has 0 aromatic heterocycles. The summed E-state index contributed by atoms with van der Waals surface area (Å²) in [7, 11) is -3.35. The van der Waals surface area contributed by atoms with Gasteiger partial charge in [-0.25, -0.2) is 8.42 Å². The van der Waals surface area contributed by atoms with Gasteiger partial charge in [0, 0.05) is 12.1 Å². The Balaban J connectivity index is 1.85. The number of amides is 1. The van der Waals surface area contributed by atoms with E-state index < -0.39 is 10.0 Å². The average Bonchev–Trinajstić information content (AvgIpc) is 2.79. The maximum atomic E-state index is 13.0. The van der Waals surface area contributed by atoms with Gasteiger partial charge in [-0.05, 0) is 49.2 Å². The summed E-state index contributed by atoms with van der Waals surface area (Å²) in [5.74, 6) is -0.195. The minimum absolute atomic E-state index is 0.0267. The second kappa shape index (κ2) is 9.59. The van der Waals surface area contributed by atoms with E-state index in [0.29, 0.717) is 17.8 Å². The van der Waals surface area contributed by atoms with Gasteiger partial charge in [0.25, 0.3) is 5.91 Å². The Hall–Kier alpha value is -3.12. The Morgan fingerprint density at radius 2 is 1.33 bits per heavy atom. The highest BCUT2D eigenvalue weighted by atomic mass is 32.2.